The van der Waals surface area contributed by atoms with E-state index in [2.05, 4.69) is 5.32 Å². The summed E-state index contributed by atoms with van der Waals surface area (Å²) in [6.45, 7) is 3.26. The van der Waals surface area contributed by atoms with Gasteiger partial charge in [0.25, 0.3) is 5.91 Å². The van der Waals surface area contributed by atoms with Crippen LogP contribution in [0.3, 0.4) is 0 Å². The Morgan fingerprint density at radius 1 is 1.04 bits per heavy atom. The number of ether oxygens (including phenoxy) is 2. The molecule has 1 heterocycles. The SMILES string of the molecule is COc1ccc(C(=O)NCC2([NH+]3CCCCC3)CCCCC2)c(OC)c1. The van der Waals surface area contributed by atoms with Gasteiger partial charge in [-0.2, -0.15) is 0 Å². The molecule has 2 N–H and O–H groups in total. The van der Waals surface area contributed by atoms with Gasteiger partial charge in [0.05, 0.1) is 39.4 Å². The fourth-order valence-corrected chi connectivity index (χ4v) is 4.72. The van der Waals surface area contributed by atoms with Gasteiger partial charge in [-0.15, -0.1) is 0 Å². The average molecular weight is 362 g/mol. The number of benzene rings is 1. The molecule has 5 nitrogen and oxygen atoms in total. The normalized spacial score (nSPS) is 20.4. The predicted octanol–water partition coefficient (Wildman–Crippen LogP) is 2.21. The Bertz CT molecular complexity index is 605. The largest absolute Gasteiger partial charge is 0.497 e. The van der Waals surface area contributed by atoms with Crippen molar-refractivity contribution < 1.29 is 19.2 Å². The maximum absolute atomic E-state index is 12.9. The molecule has 1 amide bonds. The summed E-state index contributed by atoms with van der Waals surface area (Å²) in [5.41, 5.74) is 0.793. The molecule has 1 aliphatic heterocycles. The minimum absolute atomic E-state index is 0.0501. The number of amides is 1. The van der Waals surface area contributed by atoms with Crippen molar-refractivity contribution in [3.05, 3.63) is 23.8 Å². The molecular formula is C21H33N2O3+. The van der Waals surface area contributed by atoms with E-state index >= 15 is 0 Å². The van der Waals surface area contributed by atoms with Crippen LogP contribution in [-0.2, 0) is 0 Å². The van der Waals surface area contributed by atoms with Crippen LogP contribution >= 0.6 is 0 Å². The van der Waals surface area contributed by atoms with Gasteiger partial charge in [0.2, 0.25) is 0 Å². The van der Waals surface area contributed by atoms with Crippen LogP contribution in [0.4, 0.5) is 0 Å². The fraction of sp³-hybridized carbons (Fsp3) is 0.667. The molecule has 2 fully saturated rings. The maximum atomic E-state index is 12.9. The Hall–Kier alpha value is -1.75. The zero-order valence-electron chi connectivity index (χ0n) is 16.2. The number of carbonyl (C=O) groups is 1. The van der Waals surface area contributed by atoms with Gasteiger partial charge in [0.1, 0.15) is 17.0 Å². The minimum Gasteiger partial charge on any atom is -0.497 e. The molecular weight excluding hydrogens is 328 g/mol. The summed E-state index contributed by atoms with van der Waals surface area (Å²) in [5.74, 6) is 1.20. The molecule has 5 heteroatoms. The zero-order chi connectivity index (χ0) is 18.4. The third-order valence-corrected chi connectivity index (χ3v) is 6.26. The van der Waals surface area contributed by atoms with Crippen LogP contribution in [0.1, 0.15) is 61.7 Å². The lowest BCUT2D eigenvalue weighted by molar-refractivity contribution is -0.957. The summed E-state index contributed by atoms with van der Waals surface area (Å²) in [6, 6.07) is 5.36. The first-order valence-corrected chi connectivity index (χ1v) is 10.0. The predicted molar refractivity (Wildman–Crippen MR) is 102 cm³/mol. The molecule has 3 rings (SSSR count). The lowest BCUT2D eigenvalue weighted by Gasteiger charge is -2.45. The molecule has 2 aliphatic rings. The Balaban J connectivity index is 1.71. The molecule has 1 aromatic rings. The molecule has 0 aromatic heterocycles. The van der Waals surface area contributed by atoms with Gasteiger partial charge in [0, 0.05) is 18.9 Å². The summed E-state index contributed by atoms with van der Waals surface area (Å²) in [5, 5.41) is 3.24. The molecule has 0 bridgehead atoms. The fourth-order valence-electron chi connectivity index (χ4n) is 4.72. The van der Waals surface area contributed by atoms with Gasteiger partial charge in [-0.05, 0) is 44.2 Å². The van der Waals surface area contributed by atoms with Crippen molar-refractivity contribution in [2.75, 3.05) is 33.9 Å². The van der Waals surface area contributed by atoms with Crippen LogP contribution in [-0.4, -0.2) is 45.3 Å². The minimum atomic E-state index is -0.0501. The highest BCUT2D eigenvalue weighted by Gasteiger charge is 2.42. The number of nitrogens with one attached hydrogen (secondary N) is 2. The number of hydrogen-bond acceptors (Lipinski definition) is 3. The zero-order valence-corrected chi connectivity index (χ0v) is 16.2. The lowest BCUT2D eigenvalue weighted by Crippen LogP contribution is -3.22. The van der Waals surface area contributed by atoms with Crippen LogP contribution in [0, 0.1) is 0 Å². The van der Waals surface area contributed by atoms with Crippen molar-refractivity contribution in [1.29, 1.82) is 0 Å². The maximum Gasteiger partial charge on any atom is 0.255 e. The second-order valence-electron chi connectivity index (χ2n) is 7.75. The number of quaternary nitrogens is 1. The molecule has 0 unspecified atom stereocenters. The average Bonchev–Trinajstić information content (AvgIpc) is 2.72. The molecule has 26 heavy (non-hydrogen) atoms. The van der Waals surface area contributed by atoms with Crippen molar-refractivity contribution in [2.45, 2.75) is 56.9 Å². The van der Waals surface area contributed by atoms with E-state index in [0.29, 0.717) is 17.1 Å². The van der Waals surface area contributed by atoms with E-state index in [9.17, 15) is 4.79 Å². The number of hydrogen-bond donors (Lipinski definition) is 2. The third-order valence-electron chi connectivity index (χ3n) is 6.26. The summed E-state index contributed by atoms with van der Waals surface area (Å²) in [4.78, 5) is 14.6. The standard InChI is InChI=1S/C21H32N2O3/c1-25-17-9-10-18(19(15-17)26-2)20(24)22-16-21(11-5-3-6-12-21)23-13-7-4-8-14-23/h9-10,15H,3-8,11-14,16H2,1-2H3,(H,22,24)/p+1. The quantitative estimate of drug-likeness (QED) is 0.817. The van der Waals surface area contributed by atoms with E-state index in [0.717, 1.165) is 6.54 Å². The highest BCUT2D eigenvalue weighted by atomic mass is 16.5. The van der Waals surface area contributed by atoms with Crippen molar-refractivity contribution in [3.63, 3.8) is 0 Å². The Labute approximate surface area is 157 Å². The van der Waals surface area contributed by atoms with E-state index < -0.39 is 0 Å². The van der Waals surface area contributed by atoms with Crippen molar-refractivity contribution in [1.82, 2.24) is 5.32 Å². The smallest absolute Gasteiger partial charge is 0.255 e. The Morgan fingerprint density at radius 2 is 1.73 bits per heavy atom. The van der Waals surface area contributed by atoms with Crippen LogP contribution in [0.2, 0.25) is 0 Å². The van der Waals surface area contributed by atoms with Gasteiger partial charge >= 0.3 is 0 Å². The van der Waals surface area contributed by atoms with E-state index in [1.165, 1.54) is 64.5 Å². The van der Waals surface area contributed by atoms with E-state index in [-0.39, 0.29) is 11.4 Å². The van der Waals surface area contributed by atoms with Gasteiger partial charge in [0.15, 0.2) is 0 Å². The molecule has 1 aromatic carbocycles. The summed E-state index contributed by atoms with van der Waals surface area (Å²) >= 11 is 0. The van der Waals surface area contributed by atoms with Gasteiger partial charge in [-0.1, -0.05) is 6.42 Å². The van der Waals surface area contributed by atoms with Crippen LogP contribution in [0.5, 0.6) is 11.5 Å². The van der Waals surface area contributed by atoms with Crippen molar-refractivity contribution in [2.24, 2.45) is 0 Å². The van der Waals surface area contributed by atoms with E-state index in [1.807, 2.05) is 6.07 Å². The third kappa shape index (κ3) is 4.14. The molecule has 0 atom stereocenters. The first-order valence-electron chi connectivity index (χ1n) is 10.0. The molecule has 0 spiro atoms. The number of piperidine rings is 1. The van der Waals surface area contributed by atoms with E-state index in [1.54, 1.807) is 31.3 Å². The summed E-state index contributed by atoms with van der Waals surface area (Å²) < 4.78 is 10.6. The first-order chi connectivity index (χ1) is 12.7. The first kappa shape index (κ1) is 19.0. The number of carbonyl (C=O) groups excluding carboxylic acids is 1. The Kier molecular flexibility index (Phi) is 6.41. The van der Waals surface area contributed by atoms with Gasteiger partial charge in [-0.25, -0.2) is 0 Å². The second kappa shape index (κ2) is 8.76. The van der Waals surface area contributed by atoms with Crippen LogP contribution in [0.25, 0.3) is 0 Å². The summed E-state index contributed by atoms with van der Waals surface area (Å²) in [6.07, 6.45) is 10.3. The molecule has 1 saturated heterocycles. The van der Waals surface area contributed by atoms with Crippen molar-refractivity contribution >= 4 is 5.91 Å². The highest BCUT2D eigenvalue weighted by Crippen LogP contribution is 2.27. The topological polar surface area (TPSA) is 52.0 Å². The van der Waals surface area contributed by atoms with Crippen LogP contribution in [0.15, 0.2) is 18.2 Å². The van der Waals surface area contributed by atoms with E-state index in [4.69, 9.17) is 9.47 Å². The number of rotatable bonds is 6. The number of methoxy groups -OCH3 is 2. The molecule has 144 valence electrons. The second-order valence-corrected chi connectivity index (χ2v) is 7.75. The molecule has 0 radical (unpaired) electrons. The summed E-state index contributed by atoms with van der Waals surface area (Å²) in [7, 11) is 3.20. The van der Waals surface area contributed by atoms with Gasteiger partial charge < -0.3 is 19.7 Å². The van der Waals surface area contributed by atoms with Crippen LogP contribution < -0.4 is 19.7 Å². The Morgan fingerprint density at radius 3 is 2.38 bits per heavy atom. The van der Waals surface area contributed by atoms with Crippen molar-refractivity contribution in [3.8, 4) is 11.5 Å². The highest BCUT2D eigenvalue weighted by molar-refractivity contribution is 5.97. The lowest BCUT2D eigenvalue weighted by atomic mass is 9.79. The van der Waals surface area contributed by atoms with Gasteiger partial charge in [-0.3, -0.25) is 4.79 Å². The number of likely N-dealkylation sites (tertiary alicyclic amines) is 1. The molecule has 1 aliphatic carbocycles. The monoisotopic (exact) mass is 361 g/mol. The molecule has 1 saturated carbocycles.